The summed E-state index contributed by atoms with van der Waals surface area (Å²) in [5.41, 5.74) is 5.97. The molecule has 0 fully saturated rings. The van der Waals surface area contributed by atoms with E-state index < -0.39 is 23.5 Å². The van der Waals surface area contributed by atoms with E-state index in [9.17, 15) is 13.2 Å². The van der Waals surface area contributed by atoms with E-state index in [-0.39, 0.29) is 5.56 Å². The van der Waals surface area contributed by atoms with Crippen molar-refractivity contribution in [3.63, 3.8) is 0 Å². The Morgan fingerprint density at radius 2 is 1.70 bits per heavy atom. The minimum absolute atomic E-state index is 0.372. The van der Waals surface area contributed by atoms with Gasteiger partial charge in [0, 0.05) is 17.7 Å². The summed E-state index contributed by atoms with van der Waals surface area (Å²) in [6.07, 6.45) is 0. The SMILES string of the molecule is COc1ccc(C(N)c2c(F)cc(F)cc2F)cc1Br. The van der Waals surface area contributed by atoms with Crippen molar-refractivity contribution in [3.8, 4) is 5.75 Å². The number of nitrogens with two attached hydrogens (primary N) is 1. The molecule has 0 amide bonds. The first kappa shape index (κ1) is 14.9. The highest BCUT2D eigenvalue weighted by molar-refractivity contribution is 9.10. The standard InChI is InChI=1S/C14H11BrF3NO/c1-20-12-3-2-7(4-9(12)15)14(19)13-10(17)5-8(16)6-11(13)18/h2-6,14H,19H2,1H3. The monoisotopic (exact) mass is 345 g/mol. The number of hydrogen-bond donors (Lipinski definition) is 1. The maximum Gasteiger partial charge on any atom is 0.134 e. The van der Waals surface area contributed by atoms with Gasteiger partial charge in [0.1, 0.15) is 23.2 Å². The quantitative estimate of drug-likeness (QED) is 0.914. The summed E-state index contributed by atoms with van der Waals surface area (Å²) < 4.78 is 46.0. The van der Waals surface area contributed by atoms with Gasteiger partial charge in [-0.1, -0.05) is 6.07 Å². The zero-order chi connectivity index (χ0) is 14.9. The smallest absolute Gasteiger partial charge is 0.134 e. The maximum absolute atomic E-state index is 13.7. The van der Waals surface area contributed by atoms with Gasteiger partial charge in [0.2, 0.25) is 0 Å². The number of methoxy groups -OCH3 is 1. The van der Waals surface area contributed by atoms with E-state index in [1.54, 1.807) is 18.2 Å². The first-order valence-corrected chi connectivity index (χ1v) is 6.46. The Balaban J connectivity index is 2.46. The van der Waals surface area contributed by atoms with Gasteiger partial charge in [-0.2, -0.15) is 0 Å². The summed E-state index contributed by atoms with van der Waals surface area (Å²) in [6.45, 7) is 0. The third-order valence-electron chi connectivity index (χ3n) is 2.89. The fourth-order valence-electron chi connectivity index (χ4n) is 1.89. The molecule has 2 rings (SSSR count). The van der Waals surface area contributed by atoms with Gasteiger partial charge in [0.25, 0.3) is 0 Å². The molecular formula is C14H11BrF3NO. The zero-order valence-corrected chi connectivity index (χ0v) is 12.0. The van der Waals surface area contributed by atoms with Gasteiger partial charge < -0.3 is 10.5 Å². The van der Waals surface area contributed by atoms with E-state index >= 15 is 0 Å². The minimum atomic E-state index is -1.04. The topological polar surface area (TPSA) is 35.2 Å². The van der Waals surface area contributed by atoms with Gasteiger partial charge in [-0.15, -0.1) is 0 Å². The fourth-order valence-corrected chi connectivity index (χ4v) is 2.45. The lowest BCUT2D eigenvalue weighted by atomic mass is 9.98. The van der Waals surface area contributed by atoms with Gasteiger partial charge in [0.15, 0.2) is 0 Å². The van der Waals surface area contributed by atoms with Crippen LogP contribution in [0.15, 0.2) is 34.8 Å². The number of benzene rings is 2. The van der Waals surface area contributed by atoms with Crippen LogP contribution in [0.3, 0.4) is 0 Å². The third-order valence-corrected chi connectivity index (χ3v) is 3.51. The van der Waals surface area contributed by atoms with Crippen LogP contribution in [-0.2, 0) is 0 Å². The van der Waals surface area contributed by atoms with Crippen molar-refractivity contribution in [1.82, 2.24) is 0 Å². The van der Waals surface area contributed by atoms with E-state index in [2.05, 4.69) is 15.9 Å². The number of hydrogen-bond acceptors (Lipinski definition) is 2. The molecule has 0 saturated heterocycles. The number of ether oxygens (including phenoxy) is 1. The van der Waals surface area contributed by atoms with Crippen LogP contribution in [0.1, 0.15) is 17.2 Å². The van der Waals surface area contributed by atoms with Gasteiger partial charge in [-0.25, -0.2) is 13.2 Å². The van der Waals surface area contributed by atoms with Gasteiger partial charge in [-0.3, -0.25) is 0 Å². The summed E-state index contributed by atoms with van der Waals surface area (Å²) in [4.78, 5) is 0. The highest BCUT2D eigenvalue weighted by Crippen LogP contribution is 2.31. The summed E-state index contributed by atoms with van der Waals surface area (Å²) >= 11 is 3.27. The van der Waals surface area contributed by atoms with E-state index in [0.717, 1.165) is 0 Å². The molecule has 6 heteroatoms. The van der Waals surface area contributed by atoms with E-state index in [4.69, 9.17) is 10.5 Å². The second kappa shape index (κ2) is 5.85. The molecule has 106 valence electrons. The van der Waals surface area contributed by atoms with Crippen LogP contribution in [0.25, 0.3) is 0 Å². The average molecular weight is 346 g/mol. The van der Waals surface area contributed by atoms with Crippen molar-refractivity contribution in [3.05, 3.63) is 63.4 Å². The molecule has 2 aromatic carbocycles. The van der Waals surface area contributed by atoms with Crippen molar-refractivity contribution < 1.29 is 17.9 Å². The molecule has 2 aromatic rings. The van der Waals surface area contributed by atoms with E-state index in [0.29, 0.717) is 27.9 Å². The lowest BCUT2D eigenvalue weighted by Crippen LogP contribution is -2.16. The molecule has 1 atom stereocenters. The van der Waals surface area contributed by atoms with Crippen molar-refractivity contribution in [1.29, 1.82) is 0 Å². The molecule has 0 saturated carbocycles. The summed E-state index contributed by atoms with van der Waals surface area (Å²) in [6, 6.07) is 4.99. The first-order chi connectivity index (χ1) is 9.43. The predicted molar refractivity (Wildman–Crippen MR) is 73.0 cm³/mol. The van der Waals surface area contributed by atoms with Crippen LogP contribution < -0.4 is 10.5 Å². The summed E-state index contributed by atoms with van der Waals surface area (Å²) in [7, 11) is 1.50. The van der Waals surface area contributed by atoms with Gasteiger partial charge in [-0.05, 0) is 33.6 Å². The zero-order valence-electron chi connectivity index (χ0n) is 10.5. The Morgan fingerprint density at radius 3 is 2.20 bits per heavy atom. The van der Waals surface area contributed by atoms with Crippen molar-refractivity contribution in [2.75, 3.05) is 7.11 Å². The molecular weight excluding hydrogens is 335 g/mol. The van der Waals surface area contributed by atoms with Gasteiger partial charge >= 0.3 is 0 Å². The van der Waals surface area contributed by atoms with E-state index in [1.807, 2.05) is 0 Å². The predicted octanol–water partition coefficient (Wildman–Crippen LogP) is 3.92. The van der Waals surface area contributed by atoms with Crippen LogP contribution in [0.4, 0.5) is 13.2 Å². The second-order valence-corrected chi connectivity index (χ2v) is 5.01. The molecule has 0 aromatic heterocycles. The Hall–Kier alpha value is -1.53. The van der Waals surface area contributed by atoms with Crippen LogP contribution in [0.2, 0.25) is 0 Å². The molecule has 0 aliphatic heterocycles. The van der Waals surface area contributed by atoms with Crippen LogP contribution >= 0.6 is 15.9 Å². The van der Waals surface area contributed by atoms with E-state index in [1.165, 1.54) is 7.11 Å². The minimum Gasteiger partial charge on any atom is -0.496 e. The Kier molecular flexibility index (Phi) is 4.35. The van der Waals surface area contributed by atoms with Crippen molar-refractivity contribution in [2.24, 2.45) is 5.73 Å². The summed E-state index contributed by atoms with van der Waals surface area (Å²) in [5, 5.41) is 0. The molecule has 0 radical (unpaired) electrons. The Morgan fingerprint density at radius 1 is 1.10 bits per heavy atom. The van der Waals surface area contributed by atoms with Crippen LogP contribution in [0.5, 0.6) is 5.75 Å². The lowest BCUT2D eigenvalue weighted by Gasteiger charge is -2.16. The molecule has 0 aliphatic rings. The molecule has 0 aliphatic carbocycles. The fraction of sp³-hybridized carbons (Fsp3) is 0.143. The lowest BCUT2D eigenvalue weighted by molar-refractivity contribution is 0.412. The van der Waals surface area contributed by atoms with Gasteiger partial charge in [0.05, 0.1) is 17.6 Å². The average Bonchev–Trinajstić information content (AvgIpc) is 2.37. The largest absolute Gasteiger partial charge is 0.496 e. The van der Waals surface area contributed by atoms with Crippen LogP contribution in [-0.4, -0.2) is 7.11 Å². The normalized spacial score (nSPS) is 12.3. The molecule has 0 spiro atoms. The molecule has 2 nitrogen and oxygen atoms in total. The first-order valence-electron chi connectivity index (χ1n) is 5.67. The molecule has 2 N–H and O–H groups in total. The second-order valence-electron chi connectivity index (χ2n) is 4.15. The third kappa shape index (κ3) is 2.81. The highest BCUT2D eigenvalue weighted by atomic mass is 79.9. The maximum atomic E-state index is 13.7. The van der Waals surface area contributed by atoms with Crippen molar-refractivity contribution in [2.45, 2.75) is 6.04 Å². The Bertz CT molecular complexity index is 625. The molecule has 0 bridgehead atoms. The summed E-state index contributed by atoms with van der Waals surface area (Å²) in [5.74, 6) is -2.43. The molecule has 1 unspecified atom stereocenters. The van der Waals surface area contributed by atoms with Crippen molar-refractivity contribution >= 4 is 15.9 Å². The number of halogens is 4. The molecule has 20 heavy (non-hydrogen) atoms. The molecule has 0 heterocycles. The Labute approximate surface area is 122 Å². The highest BCUT2D eigenvalue weighted by Gasteiger charge is 2.20. The van der Waals surface area contributed by atoms with Crippen LogP contribution in [0, 0.1) is 17.5 Å². The number of rotatable bonds is 3.